The molecule has 0 unspecified atom stereocenters. The first-order valence-electron chi connectivity index (χ1n) is 13.6. The highest BCUT2D eigenvalue weighted by molar-refractivity contribution is 7.26. The van der Waals surface area contributed by atoms with Gasteiger partial charge in [-0.15, -0.1) is 11.3 Å². The summed E-state index contributed by atoms with van der Waals surface area (Å²) in [6.45, 7) is 0. The van der Waals surface area contributed by atoms with E-state index in [1.54, 1.807) is 0 Å². The second-order valence-corrected chi connectivity index (χ2v) is 11.3. The molecule has 0 saturated heterocycles. The Morgan fingerprint density at radius 1 is 0.400 bits per heavy atom. The Kier molecular flexibility index (Phi) is 5.39. The third-order valence-corrected chi connectivity index (χ3v) is 9.04. The van der Waals surface area contributed by atoms with E-state index in [4.69, 9.17) is 0 Å². The van der Waals surface area contributed by atoms with Crippen molar-refractivity contribution in [2.45, 2.75) is 0 Å². The third-order valence-electron chi connectivity index (χ3n) is 7.82. The fourth-order valence-electron chi connectivity index (χ4n) is 5.84. The SMILES string of the molecule is c1ccc2cc(N(c3ccc(-c4cccc5c4sc4ccccc45)cc3)c3ccc4ccccc4c3)ccc2c1. The first kappa shape index (κ1) is 23.0. The molecule has 0 spiro atoms. The van der Waals surface area contributed by atoms with Gasteiger partial charge in [-0.05, 0) is 75.1 Å². The highest BCUT2D eigenvalue weighted by Crippen LogP contribution is 2.42. The van der Waals surface area contributed by atoms with Gasteiger partial charge in [-0.3, -0.25) is 0 Å². The number of hydrogen-bond donors (Lipinski definition) is 0. The van der Waals surface area contributed by atoms with Gasteiger partial charge in [0.15, 0.2) is 0 Å². The average Bonchev–Trinajstić information content (AvgIpc) is 3.40. The molecule has 1 nitrogen and oxygen atoms in total. The monoisotopic (exact) mass is 527 g/mol. The van der Waals surface area contributed by atoms with Crippen molar-refractivity contribution in [1.82, 2.24) is 0 Å². The Balaban J connectivity index is 1.27. The van der Waals surface area contributed by atoms with Crippen LogP contribution in [0.25, 0.3) is 52.8 Å². The molecule has 7 aromatic carbocycles. The van der Waals surface area contributed by atoms with E-state index in [9.17, 15) is 0 Å². The van der Waals surface area contributed by atoms with Crippen molar-refractivity contribution in [2.75, 3.05) is 4.90 Å². The van der Waals surface area contributed by atoms with Crippen LogP contribution in [-0.4, -0.2) is 0 Å². The second kappa shape index (κ2) is 9.37. The molecular formula is C38H25NS. The minimum Gasteiger partial charge on any atom is -0.310 e. The number of fused-ring (bicyclic) bond motifs is 5. The standard InChI is InChI=1S/C38H25NS/c1-3-10-29-24-32(22-16-26(29)8-1)39(33-23-17-27-9-2-4-11-30(27)25-33)31-20-18-28(19-21-31)34-13-7-14-36-35-12-5-6-15-37(35)40-38(34)36/h1-25H. The largest absolute Gasteiger partial charge is 0.310 e. The summed E-state index contributed by atoms with van der Waals surface area (Å²) in [7, 11) is 0. The zero-order valence-corrected chi connectivity index (χ0v) is 22.6. The van der Waals surface area contributed by atoms with E-state index in [1.807, 2.05) is 11.3 Å². The van der Waals surface area contributed by atoms with Crippen LogP contribution in [0.1, 0.15) is 0 Å². The fraction of sp³-hybridized carbons (Fsp3) is 0. The topological polar surface area (TPSA) is 3.24 Å². The van der Waals surface area contributed by atoms with Crippen molar-refractivity contribution in [2.24, 2.45) is 0 Å². The number of anilines is 3. The number of thiophene rings is 1. The maximum Gasteiger partial charge on any atom is 0.0468 e. The summed E-state index contributed by atoms with van der Waals surface area (Å²) in [5.41, 5.74) is 5.95. The van der Waals surface area contributed by atoms with E-state index in [1.165, 1.54) is 52.8 Å². The van der Waals surface area contributed by atoms with E-state index in [2.05, 4.69) is 157 Å². The van der Waals surface area contributed by atoms with Gasteiger partial charge in [0.25, 0.3) is 0 Å². The van der Waals surface area contributed by atoms with Crippen molar-refractivity contribution in [1.29, 1.82) is 0 Å². The molecule has 0 radical (unpaired) electrons. The van der Waals surface area contributed by atoms with E-state index in [0.29, 0.717) is 0 Å². The first-order chi connectivity index (χ1) is 19.8. The van der Waals surface area contributed by atoms with Crippen LogP contribution in [0.4, 0.5) is 17.1 Å². The molecule has 0 bridgehead atoms. The van der Waals surface area contributed by atoms with Gasteiger partial charge in [0.2, 0.25) is 0 Å². The van der Waals surface area contributed by atoms with Gasteiger partial charge in [-0.25, -0.2) is 0 Å². The van der Waals surface area contributed by atoms with E-state index >= 15 is 0 Å². The number of rotatable bonds is 4. The van der Waals surface area contributed by atoms with Crippen LogP contribution in [0.15, 0.2) is 152 Å². The lowest BCUT2D eigenvalue weighted by Gasteiger charge is -2.26. The van der Waals surface area contributed by atoms with Crippen LogP contribution in [0.5, 0.6) is 0 Å². The predicted molar refractivity (Wildman–Crippen MR) is 174 cm³/mol. The minimum absolute atomic E-state index is 1.14. The van der Waals surface area contributed by atoms with Crippen molar-refractivity contribution < 1.29 is 0 Å². The van der Waals surface area contributed by atoms with E-state index in [0.717, 1.165) is 17.1 Å². The first-order valence-corrected chi connectivity index (χ1v) is 14.4. The molecule has 0 aliphatic rings. The van der Waals surface area contributed by atoms with Crippen molar-refractivity contribution >= 4 is 70.1 Å². The summed E-state index contributed by atoms with van der Waals surface area (Å²) >= 11 is 1.88. The van der Waals surface area contributed by atoms with Crippen LogP contribution in [0.3, 0.4) is 0 Å². The summed E-state index contributed by atoms with van der Waals surface area (Å²) < 4.78 is 2.68. The number of benzene rings is 7. The van der Waals surface area contributed by atoms with Crippen molar-refractivity contribution in [3.05, 3.63) is 152 Å². The zero-order valence-electron chi connectivity index (χ0n) is 21.8. The summed E-state index contributed by atoms with van der Waals surface area (Å²) in [5, 5.41) is 7.63. The minimum atomic E-state index is 1.14. The molecule has 1 aromatic heterocycles. The van der Waals surface area contributed by atoms with Crippen LogP contribution < -0.4 is 4.90 Å². The van der Waals surface area contributed by atoms with Crippen LogP contribution in [0.2, 0.25) is 0 Å². The molecule has 0 saturated carbocycles. The quantitative estimate of drug-likeness (QED) is 0.220. The third kappa shape index (κ3) is 3.85. The lowest BCUT2D eigenvalue weighted by Crippen LogP contribution is -2.09. The normalized spacial score (nSPS) is 11.5. The molecule has 0 aliphatic heterocycles. The Labute approximate surface area is 237 Å². The van der Waals surface area contributed by atoms with Crippen LogP contribution in [0, 0.1) is 0 Å². The molecule has 0 amide bonds. The van der Waals surface area contributed by atoms with Crippen molar-refractivity contribution in [3.8, 4) is 11.1 Å². The predicted octanol–water partition coefficient (Wildman–Crippen LogP) is 11.5. The Morgan fingerprint density at radius 2 is 0.950 bits per heavy atom. The maximum atomic E-state index is 2.36. The summed E-state index contributed by atoms with van der Waals surface area (Å²) in [4.78, 5) is 2.36. The Morgan fingerprint density at radius 3 is 1.62 bits per heavy atom. The fourth-order valence-corrected chi connectivity index (χ4v) is 7.08. The zero-order chi connectivity index (χ0) is 26.5. The van der Waals surface area contributed by atoms with E-state index < -0.39 is 0 Å². The summed E-state index contributed by atoms with van der Waals surface area (Å²) in [5.74, 6) is 0. The van der Waals surface area contributed by atoms with E-state index in [-0.39, 0.29) is 0 Å². The van der Waals surface area contributed by atoms with Crippen LogP contribution >= 0.6 is 11.3 Å². The number of hydrogen-bond acceptors (Lipinski definition) is 2. The molecule has 0 fully saturated rings. The lowest BCUT2D eigenvalue weighted by molar-refractivity contribution is 1.29. The molecule has 8 rings (SSSR count). The molecule has 0 atom stereocenters. The van der Waals surface area contributed by atoms with Gasteiger partial charge in [-0.2, -0.15) is 0 Å². The van der Waals surface area contributed by atoms with Gasteiger partial charge in [-0.1, -0.05) is 109 Å². The molecule has 2 heteroatoms. The molecule has 188 valence electrons. The molecule has 1 heterocycles. The van der Waals surface area contributed by atoms with Gasteiger partial charge in [0, 0.05) is 37.2 Å². The van der Waals surface area contributed by atoms with Gasteiger partial charge in [0.1, 0.15) is 0 Å². The molecule has 0 aliphatic carbocycles. The Hall–Kier alpha value is -4.92. The maximum absolute atomic E-state index is 2.36. The highest BCUT2D eigenvalue weighted by Gasteiger charge is 2.15. The summed E-state index contributed by atoms with van der Waals surface area (Å²) in [6, 6.07) is 55.0. The van der Waals surface area contributed by atoms with Crippen LogP contribution in [-0.2, 0) is 0 Å². The van der Waals surface area contributed by atoms with Gasteiger partial charge in [0.05, 0.1) is 0 Å². The smallest absolute Gasteiger partial charge is 0.0468 e. The Bertz CT molecular complexity index is 2090. The lowest BCUT2D eigenvalue weighted by atomic mass is 10.0. The molecule has 0 N–H and O–H groups in total. The molecular weight excluding hydrogens is 502 g/mol. The van der Waals surface area contributed by atoms with Crippen molar-refractivity contribution in [3.63, 3.8) is 0 Å². The number of nitrogens with zero attached hydrogens (tertiary/aromatic N) is 1. The van der Waals surface area contributed by atoms with Gasteiger partial charge < -0.3 is 4.90 Å². The average molecular weight is 528 g/mol. The van der Waals surface area contributed by atoms with Gasteiger partial charge >= 0.3 is 0 Å². The summed E-state index contributed by atoms with van der Waals surface area (Å²) in [6.07, 6.45) is 0. The second-order valence-electron chi connectivity index (χ2n) is 10.2. The highest BCUT2D eigenvalue weighted by atomic mass is 32.1. The molecule has 40 heavy (non-hydrogen) atoms. The molecule has 8 aromatic rings.